The number of aromatic nitrogens is 2. The molecule has 0 spiro atoms. The molecule has 0 aliphatic carbocycles. The van der Waals surface area contributed by atoms with E-state index >= 15 is 0 Å². The Kier molecular flexibility index (Phi) is 7.61. The van der Waals surface area contributed by atoms with Crippen molar-refractivity contribution in [2.24, 2.45) is 0 Å². The van der Waals surface area contributed by atoms with Gasteiger partial charge in [0.1, 0.15) is 5.82 Å². The maximum atomic E-state index is 13.8. The Morgan fingerprint density at radius 2 is 1.94 bits per heavy atom. The van der Waals surface area contributed by atoms with E-state index in [-0.39, 0.29) is 30.2 Å². The fourth-order valence-electron chi connectivity index (χ4n) is 3.60. The molecule has 2 aromatic rings. The minimum absolute atomic E-state index is 0.0508. The van der Waals surface area contributed by atoms with Gasteiger partial charge in [-0.2, -0.15) is 0 Å². The summed E-state index contributed by atoms with van der Waals surface area (Å²) in [6, 6.07) is 7.57. The van der Waals surface area contributed by atoms with Crippen LogP contribution in [-0.4, -0.2) is 65.9 Å². The third kappa shape index (κ3) is 5.72. The van der Waals surface area contributed by atoms with Crippen molar-refractivity contribution in [3.8, 4) is 5.75 Å². The molecule has 9 heteroatoms. The topological polar surface area (TPSA) is 78.9 Å². The Bertz CT molecular complexity index is 968. The number of carbonyl (C=O) groups is 2. The molecule has 0 radical (unpaired) electrons. The van der Waals surface area contributed by atoms with Gasteiger partial charge in [-0.15, -0.1) is 0 Å². The minimum Gasteiger partial charge on any atom is -0.481 e. The fourth-order valence-corrected chi connectivity index (χ4v) is 3.60. The summed E-state index contributed by atoms with van der Waals surface area (Å²) < 4.78 is 19.3. The molecule has 1 atom stereocenters. The number of piperidine rings is 1. The van der Waals surface area contributed by atoms with Crippen molar-refractivity contribution in [2.45, 2.75) is 38.8 Å². The van der Waals surface area contributed by atoms with Crippen LogP contribution in [0.25, 0.3) is 0 Å². The zero-order valence-electron chi connectivity index (χ0n) is 19.0. The summed E-state index contributed by atoms with van der Waals surface area (Å²) in [5.41, 5.74) is 0.706. The quantitative estimate of drug-likeness (QED) is 0.655. The van der Waals surface area contributed by atoms with Crippen molar-refractivity contribution in [2.75, 3.05) is 39.2 Å². The summed E-state index contributed by atoms with van der Waals surface area (Å²) in [5, 5.41) is 0. The van der Waals surface area contributed by atoms with Gasteiger partial charge >= 0.3 is 0 Å². The first-order valence-corrected chi connectivity index (χ1v) is 10.7. The standard InChI is InChI=1S/C23H30FN5O3/c1-16(30)28(4)14-17-13-21(27(2)3)26-23(25-17)19-10-7-8-12-29(19)22(31)15-32-20-11-6-5-9-18(20)24/h5-6,9,11,13,19H,7-8,10,12,14-15H2,1-4H3/t19-/m0/s1. The summed E-state index contributed by atoms with van der Waals surface area (Å²) >= 11 is 0. The summed E-state index contributed by atoms with van der Waals surface area (Å²) in [4.78, 5) is 39.2. The van der Waals surface area contributed by atoms with Crippen LogP contribution in [0.4, 0.5) is 10.2 Å². The summed E-state index contributed by atoms with van der Waals surface area (Å²) in [6.07, 6.45) is 2.54. The van der Waals surface area contributed by atoms with Crippen molar-refractivity contribution >= 4 is 17.6 Å². The van der Waals surface area contributed by atoms with Crippen molar-refractivity contribution in [1.82, 2.24) is 19.8 Å². The fraction of sp³-hybridized carbons (Fsp3) is 0.478. The van der Waals surface area contributed by atoms with Crippen LogP contribution in [0.5, 0.6) is 5.75 Å². The molecule has 172 valence electrons. The average Bonchev–Trinajstić information content (AvgIpc) is 2.78. The van der Waals surface area contributed by atoms with E-state index in [2.05, 4.69) is 0 Å². The molecule has 0 unspecified atom stereocenters. The van der Waals surface area contributed by atoms with Crippen LogP contribution in [0.1, 0.15) is 43.7 Å². The number of hydrogen-bond donors (Lipinski definition) is 0. The molecule has 1 aliphatic heterocycles. The van der Waals surface area contributed by atoms with E-state index in [4.69, 9.17) is 14.7 Å². The SMILES string of the molecule is CC(=O)N(C)Cc1cc(N(C)C)nc([C@@H]2CCCCN2C(=O)COc2ccccc2F)n1. The first-order valence-electron chi connectivity index (χ1n) is 10.7. The number of anilines is 1. The van der Waals surface area contributed by atoms with Gasteiger partial charge in [-0.1, -0.05) is 12.1 Å². The van der Waals surface area contributed by atoms with Crippen LogP contribution >= 0.6 is 0 Å². The number of nitrogens with zero attached hydrogens (tertiary/aromatic N) is 5. The maximum Gasteiger partial charge on any atom is 0.261 e. The number of hydrogen-bond acceptors (Lipinski definition) is 6. The van der Waals surface area contributed by atoms with Gasteiger partial charge < -0.3 is 19.4 Å². The van der Waals surface area contributed by atoms with Crippen LogP contribution in [-0.2, 0) is 16.1 Å². The molecule has 2 amide bonds. The van der Waals surface area contributed by atoms with Gasteiger partial charge in [0.15, 0.2) is 24.0 Å². The second-order valence-corrected chi connectivity index (χ2v) is 8.16. The number of benzene rings is 1. The first kappa shape index (κ1) is 23.4. The molecule has 0 bridgehead atoms. The summed E-state index contributed by atoms with van der Waals surface area (Å²) in [7, 11) is 5.49. The average molecular weight is 444 g/mol. The number of carbonyl (C=O) groups excluding carboxylic acids is 2. The monoisotopic (exact) mass is 443 g/mol. The Labute approximate surface area is 188 Å². The van der Waals surface area contributed by atoms with Crippen LogP contribution < -0.4 is 9.64 Å². The van der Waals surface area contributed by atoms with Gasteiger partial charge in [0.25, 0.3) is 5.91 Å². The molecule has 2 heterocycles. The lowest BCUT2D eigenvalue weighted by Crippen LogP contribution is -2.42. The first-order chi connectivity index (χ1) is 15.3. The van der Waals surface area contributed by atoms with Crippen molar-refractivity contribution in [3.63, 3.8) is 0 Å². The summed E-state index contributed by atoms with van der Waals surface area (Å²) in [6.45, 7) is 2.15. The van der Waals surface area contributed by atoms with Crippen molar-refractivity contribution < 1.29 is 18.7 Å². The molecule has 1 aromatic carbocycles. The van der Waals surface area contributed by atoms with E-state index in [1.54, 1.807) is 29.0 Å². The molecular weight excluding hydrogens is 413 g/mol. The molecule has 1 fully saturated rings. The van der Waals surface area contributed by atoms with Crippen molar-refractivity contribution in [1.29, 1.82) is 0 Å². The molecule has 32 heavy (non-hydrogen) atoms. The molecule has 0 saturated carbocycles. The highest BCUT2D eigenvalue weighted by atomic mass is 19.1. The maximum absolute atomic E-state index is 13.8. The van der Waals surface area contributed by atoms with E-state index in [0.717, 1.165) is 19.3 Å². The van der Waals surface area contributed by atoms with Gasteiger partial charge in [0.2, 0.25) is 5.91 Å². The third-order valence-corrected chi connectivity index (χ3v) is 5.49. The van der Waals surface area contributed by atoms with E-state index in [9.17, 15) is 14.0 Å². The Balaban J connectivity index is 1.83. The van der Waals surface area contributed by atoms with E-state index in [1.165, 1.54) is 19.1 Å². The number of rotatable bonds is 7. The van der Waals surface area contributed by atoms with Crippen LogP contribution in [0.3, 0.4) is 0 Å². The third-order valence-electron chi connectivity index (χ3n) is 5.49. The predicted octanol–water partition coefficient (Wildman–Crippen LogP) is 2.79. The molecule has 0 N–H and O–H groups in total. The van der Waals surface area contributed by atoms with Gasteiger partial charge in [-0.05, 0) is 31.4 Å². The van der Waals surface area contributed by atoms with Gasteiger partial charge in [0, 0.05) is 40.7 Å². The smallest absolute Gasteiger partial charge is 0.261 e. The number of halogens is 1. The number of ether oxygens (including phenoxy) is 1. The predicted molar refractivity (Wildman–Crippen MR) is 119 cm³/mol. The highest BCUT2D eigenvalue weighted by Gasteiger charge is 2.31. The van der Waals surface area contributed by atoms with E-state index in [0.29, 0.717) is 30.4 Å². The Hall–Kier alpha value is -3.23. The lowest BCUT2D eigenvalue weighted by atomic mass is 10.0. The second-order valence-electron chi connectivity index (χ2n) is 8.16. The Morgan fingerprint density at radius 1 is 1.19 bits per heavy atom. The van der Waals surface area contributed by atoms with Crippen LogP contribution in [0.15, 0.2) is 30.3 Å². The highest BCUT2D eigenvalue weighted by Crippen LogP contribution is 2.30. The number of amides is 2. The second kappa shape index (κ2) is 10.4. The largest absolute Gasteiger partial charge is 0.481 e. The molecular formula is C23H30FN5O3. The lowest BCUT2D eigenvalue weighted by Gasteiger charge is -2.35. The van der Waals surface area contributed by atoms with Crippen molar-refractivity contribution in [3.05, 3.63) is 47.7 Å². The van der Waals surface area contributed by atoms with Gasteiger partial charge in [-0.25, -0.2) is 14.4 Å². The van der Waals surface area contributed by atoms with Crippen LogP contribution in [0, 0.1) is 5.82 Å². The molecule has 3 rings (SSSR count). The normalized spacial score (nSPS) is 15.9. The lowest BCUT2D eigenvalue weighted by molar-refractivity contribution is -0.137. The Morgan fingerprint density at radius 3 is 2.62 bits per heavy atom. The minimum atomic E-state index is -0.503. The number of para-hydroxylation sites is 1. The van der Waals surface area contributed by atoms with Gasteiger partial charge in [-0.3, -0.25) is 9.59 Å². The van der Waals surface area contributed by atoms with E-state index < -0.39 is 5.82 Å². The van der Waals surface area contributed by atoms with Crippen LogP contribution in [0.2, 0.25) is 0 Å². The molecule has 1 aliphatic rings. The molecule has 1 saturated heterocycles. The number of likely N-dealkylation sites (tertiary alicyclic amines) is 1. The molecule has 8 nitrogen and oxygen atoms in total. The zero-order chi connectivity index (χ0) is 23.3. The molecule has 1 aromatic heterocycles. The van der Waals surface area contributed by atoms with E-state index in [1.807, 2.05) is 25.1 Å². The highest BCUT2D eigenvalue weighted by molar-refractivity contribution is 5.78. The van der Waals surface area contributed by atoms with Gasteiger partial charge in [0.05, 0.1) is 18.3 Å². The zero-order valence-corrected chi connectivity index (χ0v) is 19.0. The summed E-state index contributed by atoms with van der Waals surface area (Å²) in [5.74, 6) is 0.506.